The Hall–Kier alpha value is -0.240. The van der Waals surface area contributed by atoms with Gasteiger partial charge in [0.1, 0.15) is 18.3 Å². The third-order valence-corrected chi connectivity index (χ3v) is 1.62. The van der Waals surface area contributed by atoms with Crippen LogP contribution in [0.25, 0.3) is 0 Å². The van der Waals surface area contributed by atoms with E-state index in [1.165, 1.54) is 7.05 Å². The lowest BCUT2D eigenvalue weighted by atomic mass is 10.0. The molecule has 79 valence electrons. The Kier molecular flexibility index (Phi) is 6.13. The molecule has 6 heteroatoms. The molecule has 0 saturated heterocycles. The highest BCUT2D eigenvalue weighted by Crippen LogP contribution is 2.05. The number of likely N-dealkylation sites (N-methyl/N-ethyl adjacent to an activating group) is 1. The van der Waals surface area contributed by atoms with Crippen LogP contribution in [0.4, 0.5) is 0 Å². The van der Waals surface area contributed by atoms with E-state index in [1.54, 1.807) is 0 Å². The van der Waals surface area contributed by atoms with Crippen LogP contribution in [0.5, 0.6) is 0 Å². The third-order valence-electron chi connectivity index (χ3n) is 1.62. The van der Waals surface area contributed by atoms with Gasteiger partial charge in [-0.25, -0.2) is 0 Å². The van der Waals surface area contributed by atoms with Crippen molar-refractivity contribution in [2.75, 3.05) is 13.7 Å². The maximum absolute atomic E-state index is 9.18. The lowest BCUT2D eigenvalue weighted by Gasteiger charge is -2.25. The molecular weight excluding hydrogens is 178 g/mol. The molecule has 0 saturated carbocycles. The summed E-state index contributed by atoms with van der Waals surface area (Å²) >= 11 is 0. The standard InChI is InChI=1S/C7H16NO5/c1-8-2-4(10)6(12)7(13)5(11)3-9/h2,4-13H,3H2,1H3. The van der Waals surface area contributed by atoms with Crippen LogP contribution in [0, 0.1) is 6.54 Å². The smallest absolute Gasteiger partial charge is 0.111 e. The zero-order chi connectivity index (χ0) is 10.4. The van der Waals surface area contributed by atoms with Crippen molar-refractivity contribution in [3.8, 4) is 0 Å². The van der Waals surface area contributed by atoms with Crippen LogP contribution in [0.15, 0.2) is 0 Å². The van der Waals surface area contributed by atoms with Gasteiger partial charge in [0.05, 0.1) is 19.3 Å². The second kappa shape index (κ2) is 6.25. The zero-order valence-corrected chi connectivity index (χ0v) is 7.33. The molecule has 4 unspecified atom stereocenters. The number of rotatable bonds is 6. The predicted molar refractivity (Wildman–Crippen MR) is 44.5 cm³/mol. The summed E-state index contributed by atoms with van der Waals surface area (Å²) in [5.74, 6) is 0. The molecule has 0 spiro atoms. The highest BCUT2D eigenvalue weighted by atomic mass is 16.4. The summed E-state index contributed by atoms with van der Waals surface area (Å²) in [4.78, 5) is 0. The molecule has 0 aromatic rings. The Balaban J connectivity index is 3.99. The number of nitrogens with one attached hydrogen (secondary N) is 1. The molecule has 0 aliphatic carbocycles. The van der Waals surface area contributed by atoms with E-state index >= 15 is 0 Å². The van der Waals surface area contributed by atoms with Crippen LogP contribution in [0.2, 0.25) is 0 Å². The van der Waals surface area contributed by atoms with Gasteiger partial charge in [0.2, 0.25) is 0 Å². The summed E-state index contributed by atoms with van der Waals surface area (Å²) in [5, 5.41) is 47.2. The zero-order valence-electron chi connectivity index (χ0n) is 7.33. The van der Waals surface area contributed by atoms with Crippen LogP contribution >= 0.6 is 0 Å². The number of hydrogen-bond acceptors (Lipinski definition) is 6. The Morgan fingerprint density at radius 1 is 1.15 bits per heavy atom. The van der Waals surface area contributed by atoms with Crippen LogP contribution in [-0.2, 0) is 0 Å². The van der Waals surface area contributed by atoms with Crippen molar-refractivity contribution in [1.29, 1.82) is 0 Å². The molecule has 0 bridgehead atoms. The first kappa shape index (κ1) is 12.8. The third kappa shape index (κ3) is 3.99. The number of aliphatic hydroxyl groups excluding tert-OH is 5. The van der Waals surface area contributed by atoms with Gasteiger partial charge in [0, 0.05) is 0 Å². The SMILES string of the molecule is CN[CH]C(O)C(O)C(O)C(O)CO. The van der Waals surface area contributed by atoms with Crippen molar-refractivity contribution in [1.82, 2.24) is 5.32 Å². The number of hydrogen-bond donors (Lipinski definition) is 6. The van der Waals surface area contributed by atoms with E-state index in [0.717, 1.165) is 6.54 Å². The maximum Gasteiger partial charge on any atom is 0.111 e. The molecule has 0 rings (SSSR count). The van der Waals surface area contributed by atoms with Gasteiger partial charge in [-0.3, -0.25) is 0 Å². The van der Waals surface area contributed by atoms with Crippen molar-refractivity contribution < 1.29 is 25.5 Å². The molecule has 13 heavy (non-hydrogen) atoms. The molecule has 0 fully saturated rings. The topological polar surface area (TPSA) is 113 Å². The van der Waals surface area contributed by atoms with E-state index in [-0.39, 0.29) is 0 Å². The lowest BCUT2D eigenvalue weighted by molar-refractivity contribution is -0.108. The molecule has 4 atom stereocenters. The fraction of sp³-hybridized carbons (Fsp3) is 0.857. The molecular formula is C7H16NO5. The van der Waals surface area contributed by atoms with Crippen LogP contribution < -0.4 is 5.32 Å². The predicted octanol–water partition coefficient (Wildman–Crippen LogP) is -3.20. The van der Waals surface area contributed by atoms with Crippen LogP contribution in [0.1, 0.15) is 0 Å². The normalized spacial score (nSPS) is 20.8. The average Bonchev–Trinajstić information content (AvgIpc) is 2.14. The van der Waals surface area contributed by atoms with Crippen molar-refractivity contribution in [2.24, 2.45) is 0 Å². The molecule has 0 aliphatic heterocycles. The quantitative estimate of drug-likeness (QED) is 0.265. The Labute approximate surface area is 76.4 Å². The van der Waals surface area contributed by atoms with Crippen molar-refractivity contribution in [3.63, 3.8) is 0 Å². The first-order valence-electron chi connectivity index (χ1n) is 3.88. The fourth-order valence-electron chi connectivity index (χ4n) is 0.807. The Morgan fingerprint density at radius 3 is 2.08 bits per heavy atom. The molecule has 0 aromatic carbocycles. The largest absolute Gasteiger partial charge is 0.394 e. The van der Waals surface area contributed by atoms with E-state index in [9.17, 15) is 5.11 Å². The first-order valence-corrected chi connectivity index (χ1v) is 3.88. The van der Waals surface area contributed by atoms with Crippen LogP contribution in [-0.4, -0.2) is 63.6 Å². The van der Waals surface area contributed by atoms with Gasteiger partial charge in [-0.15, -0.1) is 0 Å². The fourth-order valence-corrected chi connectivity index (χ4v) is 0.807. The first-order chi connectivity index (χ1) is 6.04. The number of aliphatic hydroxyl groups is 5. The minimum Gasteiger partial charge on any atom is -0.394 e. The van der Waals surface area contributed by atoms with Crippen molar-refractivity contribution >= 4 is 0 Å². The minimum absolute atomic E-state index is 0.676. The van der Waals surface area contributed by atoms with E-state index in [4.69, 9.17) is 20.4 Å². The van der Waals surface area contributed by atoms with Crippen molar-refractivity contribution in [3.05, 3.63) is 6.54 Å². The second-order valence-corrected chi connectivity index (χ2v) is 2.68. The molecule has 6 N–H and O–H groups in total. The van der Waals surface area contributed by atoms with E-state index in [1.807, 2.05) is 0 Å². The van der Waals surface area contributed by atoms with Gasteiger partial charge in [-0.1, -0.05) is 0 Å². The molecule has 0 heterocycles. The Bertz CT molecular complexity index is 134. The van der Waals surface area contributed by atoms with Gasteiger partial charge in [-0.2, -0.15) is 0 Å². The summed E-state index contributed by atoms with van der Waals surface area (Å²) in [7, 11) is 1.52. The monoisotopic (exact) mass is 194 g/mol. The molecule has 0 aromatic heterocycles. The summed E-state index contributed by atoms with van der Waals surface area (Å²) in [6.45, 7) is 0.475. The Morgan fingerprint density at radius 2 is 1.69 bits per heavy atom. The van der Waals surface area contributed by atoms with Gasteiger partial charge in [0.25, 0.3) is 0 Å². The van der Waals surface area contributed by atoms with E-state index < -0.39 is 31.0 Å². The van der Waals surface area contributed by atoms with Crippen molar-refractivity contribution in [2.45, 2.75) is 24.4 Å². The highest BCUT2D eigenvalue weighted by molar-refractivity contribution is 4.86. The molecule has 1 radical (unpaired) electrons. The lowest BCUT2D eigenvalue weighted by Crippen LogP contribution is -2.47. The van der Waals surface area contributed by atoms with Gasteiger partial charge in [0.15, 0.2) is 0 Å². The van der Waals surface area contributed by atoms with E-state index in [0.29, 0.717) is 0 Å². The van der Waals surface area contributed by atoms with Gasteiger partial charge >= 0.3 is 0 Å². The molecule has 6 nitrogen and oxygen atoms in total. The summed E-state index contributed by atoms with van der Waals surface area (Å²) in [6, 6.07) is 0. The van der Waals surface area contributed by atoms with Gasteiger partial charge in [-0.05, 0) is 7.05 Å². The second-order valence-electron chi connectivity index (χ2n) is 2.68. The highest BCUT2D eigenvalue weighted by Gasteiger charge is 2.29. The molecule has 0 amide bonds. The maximum atomic E-state index is 9.18. The van der Waals surface area contributed by atoms with Gasteiger partial charge < -0.3 is 30.8 Å². The molecule has 0 aliphatic rings. The minimum atomic E-state index is -1.58. The van der Waals surface area contributed by atoms with E-state index in [2.05, 4.69) is 5.32 Å². The summed E-state index contributed by atoms with van der Waals surface area (Å²) < 4.78 is 0. The average molecular weight is 194 g/mol. The summed E-state index contributed by atoms with van der Waals surface area (Å²) in [5.41, 5.74) is 0. The van der Waals surface area contributed by atoms with Crippen LogP contribution in [0.3, 0.4) is 0 Å². The summed E-state index contributed by atoms with van der Waals surface area (Å²) in [6.07, 6.45) is -5.88.